The van der Waals surface area contributed by atoms with Gasteiger partial charge in [-0.3, -0.25) is 4.79 Å². The smallest absolute Gasteiger partial charge is 0.225 e. The molecule has 3 rings (SSSR count). The van der Waals surface area contributed by atoms with Crippen LogP contribution in [-0.4, -0.2) is 44.2 Å². The highest BCUT2D eigenvalue weighted by Crippen LogP contribution is 2.40. The maximum atomic E-state index is 12.2. The lowest BCUT2D eigenvalue weighted by Crippen LogP contribution is -2.47. The minimum atomic E-state index is -0.350. The van der Waals surface area contributed by atoms with Gasteiger partial charge in [-0.25, -0.2) is 4.98 Å². The summed E-state index contributed by atoms with van der Waals surface area (Å²) in [6, 6.07) is 4.03. The lowest BCUT2D eigenvalue weighted by molar-refractivity contribution is -0.129. The zero-order valence-electron chi connectivity index (χ0n) is 16.1. The molecular weight excluding hydrogens is 350 g/mol. The molecule has 1 aliphatic rings. The Bertz CT molecular complexity index is 748. The fourth-order valence-electron chi connectivity index (χ4n) is 3.03. The van der Waals surface area contributed by atoms with Crippen molar-refractivity contribution in [3.63, 3.8) is 0 Å². The fraction of sp³-hybridized carbons (Fsp3) is 0.579. The molecule has 1 saturated heterocycles. The van der Waals surface area contributed by atoms with Gasteiger partial charge in [0.1, 0.15) is 21.7 Å². The van der Waals surface area contributed by atoms with Gasteiger partial charge in [-0.2, -0.15) is 0 Å². The first-order chi connectivity index (χ1) is 12.3. The van der Waals surface area contributed by atoms with Crippen LogP contribution in [0.1, 0.15) is 33.6 Å². The maximum Gasteiger partial charge on any atom is 0.225 e. The molecule has 0 aliphatic carbocycles. The molecule has 7 heteroatoms. The summed E-state index contributed by atoms with van der Waals surface area (Å²) in [5.41, 5.74) is 0.493. The number of carbonyl (C=O) groups is 1. The third-order valence-electron chi connectivity index (χ3n) is 4.68. The quantitative estimate of drug-likeness (QED) is 0.884. The van der Waals surface area contributed by atoms with Crippen LogP contribution in [0.2, 0.25) is 0 Å². The summed E-state index contributed by atoms with van der Waals surface area (Å²) < 4.78 is 11.9. The molecule has 0 radical (unpaired) electrons. The van der Waals surface area contributed by atoms with Gasteiger partial charge in [-0.1, -0.05) is 32.1 Å². The topological polar surface area (TPSA) is 63.7 Å². The predicted octanol–water partition coefficient (Wildman–Crippen LogP) is 3.44. The predicted molar refractivity (Wildman–Crippen MR) is 106 cm³/mol. The average Bonchev–Trinajstić information content (AvgIpc) is 3.06. The zero-order chi connectivity index (χ0) is 18.9. The van der Waals surface area contributed by atoms with Gasteiger partial charge < -0.3 is 19.7 Å². The molecule has 1 aliphatic heterocycles. The molecule has 1 N–H and O–H groups in total. The van der Waals surface area contributed by atoms with Gasteiger partial charge in [-0.05, 0) is 25.0 Å². The van der Waals surface area contributed by atoms with Gasteiger partial charge in [-0.15, -0.1) is 0 Å². The number of rotatable bonds is 4. The molecule has 6 nitrogen and oxygen atoms in total. The number of piperidine rings is 1. The lowest BCUT2D eigenvalue weighted by atomic mass is 9.94. The standard InChI is InChI=1S/C19H27N3O3S/c1-19(2,3)17(23)20-12-8-10-22(11-9-12)18-21-15-13(24-4)6-7-14(25-5)16(15)26-18/h6-7,12H,8-11H2,1-5H3,(H,20,23). The third-order valence-corrected chi connectivity index (χ3v) is 5.81. The van der Waals surface area contributed by atoms with Crippen LogP contribution in [0, 0.1) is 5.41 Å². The zero-order valence-corrected chi connectivity index (χ0v) is 16.9. The Morgan fingerprint density at radius 2 is 1.81 bits per heavy atom. The highest BCUT2D eigenvalue weighted by Gasteiger charge is 2.27. The van der Waals surface area contributed by atoms with E-state index in [9.17, 15) is 4.79 Å². The van der Waals surface area contributed by atoms with Crippen molar-refractivity contribution < 1.29 is 14.3 Å². The molecule has 0 saturated carbocycles. The minimum absolute atomic E-state index is 0.116. The third kappa shape index (κ3) is 3.72. The summed E-state index contributed by atoms with van der Waals surface area (Å²) >= 11 is 1.63. The Kier molecular flexibility index (Phi) is 5.27. The normalized spacial score (nSPS) is 16.0. The Morgan fingerprint density at radius 3 is 2.38 bits per heavy atom. The van der Waals surface area contributed by atoms with Crippen LogP contribution in [0.15, 0.2) is 12.1 Å². The van der Waals surface area contributed by atoms with Crippen molar-refractivity contribution in [2.24, 2.45) is 5.41 Å². The van der Waals surface area contributed by atoms with Crippen LogP contribution in [-0.2, 0) is 4.79 Å². The number of nitrogens with one attached hydrogen (secondary N) is 1. The van der Waals surface area contributed by atoms with Crippen LogP contribution < -0.4 is 19.7 Å². The Balaban J connectivity index is 1.73. The van der Waals surface area contributed by atoms with Gasteiger partial charge >= 0.3 is 0 Å². The van der Waals surface area contributed by atoms with Crippen molar-refractivity contribution in [3.8, 4) is 11.5 Å². The molecule has 26 heavy (non-hydrogen) atoms. The fourth-order valence-corrected chi connectivity index (χ4v) is 4.15. The summed E-state index contributed by atoms with van der Waals surface area (Å²) in [6.07, 6.45) is 1.85. The Hall–Kier alpha value is -2.02. The number of fused-ring (bicyclic) bond motifs is 1. The van der Waals surface area contributed by atoms with Crippen molar-refractivity contribution in [2.75, 3.05) is 32.2 Å². The van der Waals surface area contributed by atoms with Crippen molar-refractivity contribution in [2.45, 2.75) is 39.7 Å². The number of ether oxygens (including phenoxy) is 2. The highest BCUT2D eigenvalue weighted by molar-refractivity contribution is 7.22. The summed E-state index contributed by atoms with van der Waals surface area (Å²) in [7, 11) is 3.33. The van der Waals surface area contributed by atoms with Crippen LogP contribution >= 0.6 is 11.3 Å². The van der Waals surface area contributed by atoms with Crippen LogP contribution in [0.5, 0.6) is 11.5 Å². The van der Waals surface area contributed by atoms with E-state index >= 15 is 0 Å². The first-order valence-corrected chi connectivity index (χ1v) is 9.72. The van der Waals surface area contributed by atoms with Crippen molar-refractivity contribution in [1.29, 1.82) is 0 Å². The van der Waals surface area contributed by atoms with E-state index in [-0.39, 0.29) is 17.4 Å². The second-order valence-corrected chi connectivity index (χ2v) is 8.61. The number of nitrogens with zero attached hydrogens (tertiary/aromatic N) is 2. The van der Waals surface area contributed by atoms with E-state index in [1.807, 2.05) is 32.9 Å². The Morgan fingerprint density at radius 1 is 1.19 bits per heavy atom. The van der Waals surface area contributed by atoms with Gasteiger partial charge in [0.2, 0.25) is 5.91 Å². The minimum Gasteiger partial charge on any atom is -0.495 e. The molecule has 0 bridgehead atoms. The average molecular weight is 378 g/mol. The van der Waals surface area contributed by atoms with Crippen LogP contribution in [0.25, 0.3) is 10.2 Å². The van der Waals surface area contributed by atoms with E-state index in [0.29, 0.717) is 0 Å². The number of benzene rings is 1. The molecule has 0 unspecified atom stereocenters. The molecule has 0 spiro atoms. The van der Waals surface area contributed by atoms with Gasteiger partial charge in [0, 0.05) is 24.5 Å². The van der Waals surface area contributed by atoms with Gasteiger partial charge in [0.25, 0.3) is 0 Å². The SMILES string of the molecule is COc1ccc(OC)c2sc(N3CCC(NC(=O)C(C)(C)C)CC3)nc12. The molecule has 0 atom stereocenters. The molecule has 2 aromatic rings. The van der Waals surface area contributed by atoms with Crippen molar-refractivity contribution in [1.82, 2.24) is 10.3 Å². The molecule has 1 aromatic carbocycles. The van der Waals surface area contributed by atoms with Crippen molar-refractivity contribution >= 4 is 32.6 Å². The van der Waals surface area contributed by atoms with E-state index in [0.717, 1.165) is 52.8 Å². The molecule has 1 fully saturated rings. The number of aromatic nitrogens is 1. The number of methoxy groups -OCH3 is 2. The largest absolute Gasteiger partial charge is 0.495 e. The first kappa shape index (κ1) is 18.8. The van der Waals surface area contributed by atoms with Gasteiger partial charge in [0.15, 0.2) is 5.13 Å². The number of anilines is 1. The molecule has 1 aromatic heterocycles. The molecular formula is C19H27N3O3S. The van der Waals surface area contributed by atoms with Crippen LogP contribution in [0.3, 0.4) is 0 Å². The van der Waals surface area contributed by atoms with E-state index in [4.69, 9.17) is 14.5 Å². The van der Waals surface area contributed by atoms with E-state index in [1.54, 1.807) is 25.6 Å². The lowest BCUT2D eigenvalue weighted by Gasteiger charge is -2.33. The first-order valence-electron chi connectivity index (χ1n) is 8.91. The van der Waals surface area contributed by atoms with E-state index in [2.05, 4.69) is 10.2 Å². The van der Waals surface area contributed by atoms with Crippen molar-refractivity contribution in [3.05, 3.63) is 12.1 Å². The maximum absolute atomic E-state index is 12.2. The second-order valence-electron chi connectivity index (χ2n) is 7.63. The summed E-state index contributed by atoms with van der Waals surface area (Å²) in [5.74, 6) is 1.69. The van der Waals surface area contributed by atoms with E-state index < -0.39 is 0 Å². The second kappa shape index (κ2) is 7.31. The summed E-state index contributed by atoms with van der Waals surface area (Å²) in [4.78, 5) is 19.3. The number of hydrogen-bond acceptors (Lipinski definition) is 6. The van der Waals surface area contributed by atoms with Crippen LogP contribution in [0.4, 0.5) is 5.13 Å². The Labute approximate surface area is 158 Å². The number of hydrogen-bond donors (Lipinski definition) is 1. The monoisotopic (exact) mass is 377 g/mol. The molecule has 1 amide bonds. The number of carbonyl (C=O) groups excluding carboxylic acids is 1. The number of amides is 1. The molecule has 2 heterocycles. The van der Waals surface area contributed by atoms with E-state index in [1.165, 1.54) is 0 Å². The summed E-state index contributed by atoms with van der Waals surface area (Å²) in [6.45, 7) is 7.58. The summed E-state index contributed by atoms with van der Waals surface area (Å²) in [5, 5.41) is 4.15. The van der Waals surface area contributed by atoms with Gasteiger partial charge in [0.05, 0.1) is 14.2 Å². The molecule has 142 valence electrons. The number of thiazole rings is 1. The highest BCUT2D eigenvalue weighted by atomic mass is 32.1.